The number of ether oxygens (including phenoxy) is 1. The summed E-state index contributed by atoms with van der Waals surface area (Å²) in [6, 6.07) is 0.995. The minimum absolute atomic E-state index is 0.0453. The molecule has 0 saturated carbocycles. The first kappa shape index (κ1) is 14.2. The van der Waals surface area contributed by atoms with Gasteiger partial charge in [-0.2, -0.15) is 0 Å². The predicted molar refractivity (Wildman–Crippen MR) is 57.5 cm³/mol. The Morgan fingerprint density at radius 2 is 2.17 bits per heavy atom. The second kappa shape index (κ2) is 5.65. The Bertz CT molecular complexity index is 545. The zero-order valence-corrected chi connectivity index (χ0v) is 10.2. The molecular formula is C9H11NO7S. The molecule has 0 amide bonds. The number of carbonyl (C=O) groups is 2. The van der Waals surface area contributed by atoms with E-state index in [4.69, 9.17) is 9.52 Å². The Hall–Kier alpha value is -1.87. The lowest BCUT2D eigenvalue weighted by Crippen LogP contribution is -2.25. The van der Waals surface area contributed by atoms with Crippen molar-refractivity contribution in [2.24, 2.45) is 0 Å². The van der Waals surface area contributed by atoms with Crippen molar-refractivity contribution in [2.75, 3.05) is 13.7 Å². The Kier molecular flexibility index (Phi) is 4.45. The third-order valence-electron chi connectivity index (χ3n) is 1.89. The SMILES string of the molecule is COC(=O)c1coc(S(=O)(=O)NCCC(=O)O)c1. The lowest BCUT2D eigenvalue weighted by Gasteiger charge is -2.01. The van der Waals surface area contributed by atoms with Crippen LogP contribution in [0.1, 0.15) is 16.8 Å². The highest BCUT2D eigenvalue weighted by Crippen LogP contribution is 2.14. The maximum Gasteiger partial charge on any atom is 0.341 e. The summed E-state index contributed by atoms with van der Waals surface area (Å²) in [6.07, 6.45) is 0.585. The largest absolute Gasteiger partial charge is 0.481 e. The van der Waals surface area contributed by atoms with Gasteiger partial charge in [-0.05, 0) is 0 Å². The Balaban J connectivity index is 2.76. The van der Waals surface area contributed by atoms with Crippen molar-refractivity contribution in [3.8, 4) is 0 Å². The van der Waals surface area contributed by atoms with Crippen molar-refractivity contribution in [1.82, 2.24) is 4.72 Å². The number of aliphatic carboxylic acids is 1. The van der Waals surface area contributed by atoms with E-state index in [1.54, 1.807) is 0 Å². The number of rotatable bonds is 6. The molecule has 1 heterocycles. The van der Waals surface area contributed by atoms with Gasteiger partial charge in [0.25, 0.3) is 10.0 Å². The molecule has 9 heteroatoms. The molecule has 0 fully saturated rings. The molecule has 0 atom stereocenters. The van der Waals surface area contributed by atoms with Crippen LogP contribution in [-0.4, -0.2) is 39.1 Å². The molecule has 1 aromatic rings. The number of sulfonamides is 1. The van der Waals surface area contributed by atoms with E-state index in [0.717, 1.165) is 19.4 Å². The van der Waals surface area contributed by atoms with E-state index >= 15 is 0 Å². The quantitative estimate of drug-likeness (QED) is 0.691. The fourth-order valence-corrected chi connectivity index (χ4v) is 2.02. The van der Waals surface area contributed by atoms with Gasteiger partial charge in [0.15, 0.2) is 0 Å². The van der Waals surface area contributed by atoms with Gasteiger partial charge >= 0.3 is 11.9 Å². The van der Waals surface area contributed by atoms with Crippen LogP contribution in [0.2, 0.25) is 0 Å². The van der Waals surface area contributed by atoms with Gasteiger partial charge in [-0.25, -0.2) is 17.9 Å². The molecule has 18 heavy (non-hydrogen) atoms. The molecule has 0 aliphatic heterocycles. The number of hydrogen-bond acceptors (Lipinski definition) is 6. The number of nitrogens with one attached hydrogen (secondary N) is 1. The zero-order chi connectivity index (χ0) is 13.8. The fourth-order valence-electron chi connectivity index (χ4n) is 1.05. The maximum atomic E-state index is 11.6. The van der Waals surface area contributed by atoms with Crippen molar-refractivity contribution in [3.05, 3.63) is 17.9 Å². The second-order valence-electron chi connectivity index (χ2n) is 3.19. The number of esters is 1. The molecule has 0 saturated heterocycles. The molecule has 1 rings (SSSR count). The second-order valence-corrected chi connectivity index (χ2v) is 4.89. The standard InChI is InChI=1S/C9H11NO7S/c1-16-9(13)6-4-8(17-5-6)18(14,15)10-3-2-7(11)12/h4-5,10H,2-3H2,1H3,(H,11,12). The zero-order valence-electron chi connectivity index (χ0n) is 9.37. The Labute approximate surface area is 103 Å². The molecule has 100 valence electrons. The van der Waals surface area contributed by atoms with Gasteiger partial charge in [0.2, 0.25) is 5.09 Å². The number of carboxylic acids is 1. The van der Waals surface area contributed by atoms with Crippen molar-refractivity contribution < 1.29 is 32.3 Å². The molecule has 0 aliphatic carbocycles. The normalized spacial score (nSPS) is 11.2. The van der Waals surface area contributed by atoms with Gasteiger partial charge in [-0.15, -0.1) is 0 Å². The molecule has 8 nitrogen and oxygen atoms in total. The van der Waals surface area contributed by atoms with E-state index in [9.17, 15) is 18.0 Å². The van der Waals surface area contributed by atoms with E-state index in [2.05, 4.69) is 4.74 Å². The van der Waals surface area contributed by atoms with Gasteiger partial charge < -0.3 is 14.3 Å². The van der Waals surface area contributed by atoms with E-state index in [-0.39, 0.29) is 18.5 Å². The molecule has 0 aromatic carbocycles. The number of hydrogen-bond donors (Lipinski definition) is 2. The first-order valence-electron chi connectivity index (χ1n) is 4.75. The fraction of sp³-hybridized carbons (Fsp3) is 0.333. The molecule has 0 unspecified atom stereocenters. The van der Waals surface area contributed by atoms with Crippen LogP contribution in [0.5, 0.6) is 0 Å². The van der Waals surface area contributed by atoms with Gasteiger partial charge in [0.1, 0.15) is 6.26 Å². The summed E-state index contributed by atoms with van der Waals surface area (Å²) < 4.78 is 34.3. The highest BCUT2D eigenvalue weighted by atomic mass is 32.2. The number of furan rings is 1. The average Bonchev–Trinajstić information content (AvgIpc) is 2.77. The highest BCUT2D eigenvalue weighted by molar-refractivity contribution is 7.89. The summed E-state index contributed by atoms with van der Waals surface area (Å²) in [5, 5.41) is 7.89. The Morgan fingerprint density at radius 1 is 1.50 bits per heavy atom. The van der Waals surface area contributed by atoms with Crippen LogP contribution in [-0.2, 0) is 19.6 Å². The van der Waals surface area contributed by atoms with Crippen LogP contribution < -0.4 is 4.72 Å². The highest BCUT2D eigenvalue weighted by Gasteiger charge is 2.21. The van der Waals surface area contributed by atoms with Crippen LogP contribution in [0.3, 0.4) is 0 Å². The third kappa shape index (κ3) is 3.57. The number of carboxylic acid groups (broad SMARTS) is 1. The van der Waals surface area contributed by atoms with E-state index in [0.29, 0.717) is 0 Å². The van der Waals surface area contributed by atoms with E-state index in [1.165, 1.54) is 0 Å². The smallest absolute Gasteiger partial charge is 0.341 e. The van der Waals surface area contributed by atoms with E-state index in [1.807, 2.05) is 4.72 Å². The van der Waals surface area contributed by atoms with Crippen molar-refractivity contribution in [2.45, 2.75) is 11.5 Å². The van der Waals surface area contributed by atoms with Gasteiger partial charge in [0.05, 0.1) is 19.1 Å². The lowest BCUT2D eigenvalue weighted by molar-refractivity contribution is -0.136. The third-order valence-corrected chi connectivity index (χ3v) is 3.22. The summed E-state index contributed by atoms with van der Waals surface area (Å²) >= 11 is 0. The van der Waals surface area contributed by atoms with Crippen LogP contribution in [0, 0.1) is 0 Å². The van der Waals surface area contributed by atoms with Crippen molar-refractivity contribution in [3.63, 3.8) is 0 Å². The minimum Gasteiger partial charge on any atom is -0.481 e. The maximum absolute atomic E-state index is 11.6. The summed E-state index contributed by atoms with van der Waals surface area (Å²) in [5.74, 6) is -1.86. The first-order chi connectivity index (χ1) is 8.36. The summed E-state index contributed by atoms with van der Waals surface area (Å²) in [6.45, 7) is -0.272. The van der Waals surface area contributed by atoms with Crippen molar-refractivity contribution in [1.29, 1.82) is 0 Å². The molecule has 0 aliphatic rings. The van der Waals surface area contributed by atoms with Crippen LogP contribution >= 0.6 is 0 Å². The van der Waals surface area contributed by atoms with Gasteiger partial charge in [-0.3, -0.25) is 4.79 Å². The van der Waals surface area contributed by atoms with Gasteiger partial charge in [0, 0.05) is 12.6 Å². The first-order valence-corrected chi connectivity index (χ1v) is 6.23. The molecule has 0 spiro atoms. The number of methoxy groups -OCH3 is 1. The predicted octanol–water partition coefficient (Wildman–Crippen LogP) is -0.181. The molecular weight excluding hydrogens is 266 g/mol. The lowest BCUT2D eigenvalue weighted by atomic mass is 10.3. The molecule has 0 radical (unpaired) electrons. The molecule has 1 aromatic heterocycles. The van der Waals surface area contributed by atoms with Crippen LogP contribution in [0.15, 0.2) is 21.8 Å². The topological polar surface area (TPSA) is 123 Å². The minimum atomic E-state index is -3.96. The number of carbonyl (C=O) groups excluding carboxylic acids is 1. The van der Waals surface area contributed by atoms with Gasteiger partial charge in [-0.1, -0.05) is 0 Å². The average molecular weight is 277 g/mol. The molecule has 0 bridgehead atoms. The van der Waals surface area contributed by atoms with Crippen LogP contribution in [0.4, 0.5) is 0 Å². The van der Waals surface area contributed by atoms with Crippen LogP contribution in [0.25, 0.3) is 0 Å². The molecule has 2 N–H and O–H groups in total. The van der Waals surface area contributed by atoms with E-state index < -0.39 is 27.1 Å². The summed E-state index contributed by atoms with van der Waals surface area (Å²) in [7, 11) is -2.82. The Morgan fingerprint density at radius 3 is 2.72 bits per heavy atom. The summed E-state index contributed by atoms with van der Waals surface area (Å²) in [4.78, 5) is 21.3. The van der Waals surface area contributed by atoms with Crippen molar-refractivity contribution >= 4 is 22.0 Å². The summed E-state index contributed by atoms with van der Waals surface area (Å²) in [5.41, 5.74) is -0.0453. The monoisotopic (exact) mass is 277 g/mol.